The molecule has 0 bridgehead atoms. The van der Waals surface area contributed by atoms with E-state index in [9.17, 15) is 18.0 Å². The highest BCUT2D eigenvalue weighted by molar-refractivity contribution is 7.91. The number of amides is 2. The number of sulfone groups is 1. The van der Waals surface area contributed by atoms with Crippen molar-refractivity contribution in [2.75, 3.05) is 11.5 Å². The Morgan fingerprint density at radius 2 is 1.58 bits per heavy atom. The van der Waals surface area contributed by atoms with Gasteiger partial charge in [0.2, 0.25) is 5.91 Å². The minimum Gasteiger partial charge on any atom is -0.457 e. The molecule has 2 N–H and O–H groups in total. The van der Waals surface area contributed by atoms with E-state index in [0.29, 0.717) is 17.1 Å². The quantitative estimate of drug-likeness (QED) is 0.793. The van der Waals surface area contributed by atoms with Crippen LogP contribution in [0.4, 0.5) is 0 Å². The van der Waals surface area contributed by atoms with Crippen LogP contribution in [0.2, 0.25) is 0 Å². The Kier molecular flexibility index (Phi) is 5.22. The van der Waals surface area contributed by atoms with Crippen molar-refractivity contribution in [2.24, 2.45) is 5.92 Å². The molecule has 0 radical (unpaired) electrons. The first-order valence-electron chi connectivity index (χ1n) is 8.06. The molecule has 2 aromatic rings. The molecule has 3 rings (SSSR count). The van der Waals surface area contributed by atoms with E-state index in [1.165, 1.54) is 0 Å². The van der Waals surface area contributed by atoms with E-state index in [4.69, 9.17) is 4.74 Å². The van der Waals surface area contributed by atoms with Crippen LogP contribution >= 0.6 is 0 Å². The van der Waals surface area contributed by atoms with E-state index < -0.39 is 27.6 Å². The molecule has 2 aromatic carbocycles. The summed E-state index contributed by atoms with van der Waals surface area (Å²) in [5.74, 6) is -0.533. The van der Waals surface area contributed by atoms with Crippen LogP contribution in [0.5, 0.6) is 11.5 Å². The summed E-state index contributed by atoms with van der Waals surface area (Å²) in [6, 6.07) is 15.7. The molecule has 8 heteroatoms. The second-order valence-electron chi connectivity index (χ2n) is 5.98. The van der Waals surface area contributed by atoms with E-state index >= 15 is 0 Å². The Balaban J connectivity index is 1.52. The van der Waals surface area contributed by atoms with E-state index in [1.807, 2.05) is 30.3 Å². The van der Waals surface area contributed by atoms with Gasteiger partial charge >= 0.3 is 0 Å². The number of hydrogen-bond acceptors (Lipinski definition) is 5. The third-order valence-electron chi connectivity index (χ3n) is 4.00. The number of carbonyl (C=O) groups is 2. The van der Waals surface area contributed by atoms with Crippen molar-refractivity contribution < 1.29 is 22.7 Å². The van der Waals surface area contributed by atoms with Crippen molar-refractivity contribution in [3.8, 4) is 11.5 Å². The van der Waals surface area contributed by atoms with E-state index in [-0.39, 0.29) is 17.9 Å². The Labute approximate surface area is 151 Å². The fraction of sp³-hybridized carbons (Fsp3) is 0.222. The van der Waals surface area contributed by atoms with Crippen molar-refractivity contribution in [1.29, 1.82) is 0 Å². The van der Waals surface area contributed by atoms with Crippen molar-refractivity contribution >= 4 is 21.7 Å². The molecule has 0 spiro atoms. The normalized spacial score (nSPS) is 18.1. The minimum absolute atomic E-state index is 0.00189. The summed E-state index contributed by atoms with van der Waals surface area (Å²) >= 11 is 0. The number of ether oxygens (including phenoxy) is 1. The van der Waals surface area contributed by atoms with Crippen LogP contribution in [0.1, 0.15) is 16.8 Å². The number of hydrogen-bond donors (Lipinski definition) is 2. The minimum atomic E-state index is -3.15. The molecule has 1 heterocycles. The second-order valence-corrected chi connectivity index (χ2v) is 8.21. The lowest BCUT2D eigenvalue weighted by atomic mass is 10.1. The molecule has 1 saturated heterocycles. The van der Waals surface area contributed by atoms with Gasteiger partial charge < -0.3 is 4.74 Å². The maximum Gasteiger partial charge on any atom is 0.269 e. The third-order valence-corrected chi connectivity index (χ3v) is 5.77. The van der Waals surface area contributed by atoms with Crippen LogP contribution in [0.15, 0.2) is 54.6 Å². The molecule has 2 amide bonds. The van der Waals surface area contributed by atoms with Crippen molar-refractivity contribution in [3.05, 3.63) is 60.2 Å². The number of nitrogens with one attached hydrogen (secondary N) is 2. The largest absolute Gasteiger partial charge is 0.457 e. The molecule has 7 nitrogen and oxygen atoms in total. The van der Waals surface area contributed by atoms with E-state index in [1.54, 1.807) is 24.3 Å². The Morgan fingerprint density at radius 3 is 2.19 bits per heavy atom. The second kappa shape index (κ2) is 7.57. The van der Waals surface area contributed by atoms with Crippen molar-refractivity contribution in [1.82, 2.24) is 10.9 Å². The summed E-state index contributed by atoms with van der Waals surface area (Å²) in [6.07, 6.45) is 0.273. The summed E-state index contributed by atoms with van der Waals surface area (Å²) in [6.45, 7) is 0. The van der Waals surface area contributed by atoms with Crippen LogP contribution in [0.25, 0.3) is 0 Å². The summed E-state index contributed by atoms with van der Waals surface area (Å²) in [5, 5.41) is 0. The lowest BCUT2D eigenvalue weighted by Gasteiger charge is -2.11. The predicted octanol–water partition coefficient (Wildman–Crippen LogP) is 1.67. The number of benzene rings is 2. The third kappa shape index (κ3) is 4.60. The average molecular weight is 374 g/mol. The number of hydrazine groups is 1. The van der Waals surface area contributed by atoms with Gasteiger partial charge in [0.25, 0.3) is 5.91 Å². The highest BCUT2D eigenvalue weighted by Crippen LogP contribution is 2.21. The molecular weight excluding hydrogens is 356 g/mol. The van der Waals surface area contributed by atoms with Gasteiger partial charge in [-0.1, -0.05) is 18.2 Å². The topological polar surface area (TPSA) is 102 Å². The summed E-state index contributed by atoms with van der Waals surface area (Å²) in [5.41, 5.74) is 4.92. The lowest BCUT2D eigenvalue weighted by Crippen LogP contribution is -2.44. The van der Waals surface area contributed by atoms with Gasteiger partial charge in [0.05, 0.1) is 17.4 Å². The molecule has 136 valence electrons. The zero-order valence-electron chi connectivity index (χ0n) is 13.8. The van der Waals surface area contributed by atoms with Gasteiger partial charge in [-0.3, -0.25) is 20.4 Å². The Morgan fingerprint density at radius 1 is 0.923 bits per heavy atom. The zero-order chi connectivity index (χ0) is 18.6. The highest BCUT2D eigenvalue weighted by atomic mass is 32.2. The van der Waals surface area contributed by atoms with Crippen molar-refractivity contribution in [2.45, 2.75) is 6.42 Å². The summed E-state index contributed by atoms with van der Waals surface area (Å²) in [4.78, 5) is 24.0. The summed E-state index contributed by atoms with van der Waals surface area (Å²) in [7, 11) is -3.15. The SMILES string of the molecule is O=C(NNC(=O)[C@@H]1CCS(=O)(=O)C1)c1ccc(Oc2ccccc2)cc1. The van der Waals surface area contributed by atoms with Gasteiger partial charge in [-0.25, -0.2) is 8.42 Å². The van der Waals surface area contributed by atoms with Gasteiger partial charge in [-0.2, -0.15) is 0 Å². The van der Waals surface area contributed by atoms with Crippen LogP contribution in [0.3, 0.4) is 0 Å². The fourth-order valence-corrected chi connectivity index (χ4v) is 4.33. The molecule has 0 aliphatic carbocycles. The number of rotatable bonds is 4. The average Bonchev–Trinajstić information content (AvgIpc) is 3.01. The fourth-order valence-electron chi connectivity index (χ4n) is 2.59. The van der Waals surface area contributed by atoms with Gasteiger partial charge in [-0.15, -0.1) is 0 Å². The van der Waals surface area contributed by atoms with Gasteiger partial charge in [0, 0.05) is 5.56 Å². The monoisotopic (exact) mass is 374 g/mol. The Hall–Kier alpha value is -2.87. The van der Waals surface area contributed by atoms with Crippen molar-refractivity contribution in [3.63, 3.8) is 0 Å². The van der Waals surface area contributed by atoms with E-state index in [0.717, 1.165) is 0 Å². The predicted molar refractivity (Wildman–Crippen MR) is 95.3 cm³/mol. The first kappa shape index (κ1) is 17.9. The number of para-hydroxylation sites is 1. The Bertz CT molecular complexity index is 895. The standard InChI is InChI=1S/C18H18N2O5S/c21-17(19-20-18(22)14-10-11-26(23,24)12-14)13-6-8-16(9-7-13)25-15-4-2-1-3-5-15/h1-9,14H,10-12H2,(H,19,21)(H,20,22)/t14-/m1/s1. The smallest absolute Gasteiger partial charge is 0.269 e. The molecule has 26 heavy (non-hydrogen) atoms. The highest BCUT2D eigenvalue weighted by Gasteiger charge is 2.33. The van der Waals surface area contributed by atoms with Gasteiger partial charge in [0.1, 0.15) is 11.5 Å². The zero-order valence-corrected chi connectivity index (χ0v) is 14.7. The first-order valence-corrected chi connectivity index (χ1v) is 9.89. The molecule has 1 atom stereocenters. The molecule has 0 unspecified atom stereocenters. The lowest BCUT2D eigenvalue weighted by molar-refractivity contribution is -0.125. The molecule has 0 saturated carbocycles. The maximum absolute atomic E-state index is 12.1. The van der Waals surface area contributed by atoms with E-state index in [2.05, 4.69) is 10.9 Å². The van der Waals surface area contributed by atoms with Crippen LogP contribution in [-0.4, -0.2) is 31.7 Å². The number of carbonyl (C=O) groups excluding carboxylic acids is 2. The molecule has 1 aliphatic heterocycles. The van der Waals surface area contributed by atoms with Crippen LogP contribution < -0.4 is 15.6 Å². The molecule has 0 aromatic heterocycles. The summed E-state index contributed by atoms with van der Waals surface area (Å²) < 4.78 is 28.4. The molecule has 1 aliphatic rings. The maximum atomic E-state index is 12.1. The van der Waals surface area contributed by atoms with Crippen LogP contribution in [-0.2, 0) is 14.6 Å². The first-order chi connectivity index (χ1) is 12.4. The van der Waals surface area contributed by atoms with Crippen LogP contribution in [0, 0.1) is 5.92 Å². The van der Waals surface area contributed by atoms with Gasteiger partial charge in [-0.05, 0) is 42.8 Å². The molecular formula is C18H18N2O5S. The van der Waals surface area contributed by atoms with Gasteiger partial charge in [0.15, 0.2) is 9.84 Å². The molecule has 1 fully saturated rings.